The summed E-state index contributed by atoms with van der Waals surface area (Å²) in [6.45, 7) is 5.33. The largest absolute Gasteiger partial charge is 0.444 e. The molecule has 0 fully saturated rings. The van der Waals surface area contributed by atoms with Crippen LogP contribution in [0.2, 0.25) is 0 Å². The summed E-state index contributed by atoms with van der Waals surface area (Å²) < 4.78 is 5.34. The van der Waals surface area contributed by atoms with E-state index in [-0.39, 0.29) is 5.91 Å². The van der Waals surface area contributed by atoms with Gasteiger partial charge in [-0.3, -0.25) is 4.79 Å². The zero-order valence-corrected chi connectivity index (χ0v) is 19.9. The highest BCUT2D eigenvalue weighted by molar-refractivity contribution is 7.98. The van der Waals surface area contributed by atoms with Crippen molar-refractivity contribution in [2.45, 2.75) is 49.5 Å². The van der Waals surface area contributed by atoms with Gasteiger partial charge < -0.3 is 15.4 Å². The van der Waals surface area contributed by atoms with Crippen LogP contribution in [0.4, 0.5) is 10.6 Å². The van der Waals surface area contributed by atoms with Crippen LogP contribution in [0.1, 0.15) is 31.9 Å². The number of rotatable bonds is 8. The number of aromatic nitrogens is 1. The van der Waals surface area contributed by atoms with Crippen molar-refractivity contribution in [1.29, 1.82) is 0 Å². The Labute approximate surface area is 199 Å². The number of thioether (sulfide) groups is 1. The first-order valence-electron chi connectivity index (χ1n) is 10.8. The third-order valence-corrected chi connectivity index (χ3v) is 5.58. The Bertz CT molecular complexity index is 1040. The first kappa shape index (κ1) is 24.3. The Morgan fingerprint density at radius 2 is 1.58 bits per heavy atom. The number of alkyl carbamates (subject to hydrolysis) is 1. The maximum Gasteiger partial charge on any atom is 0.408 e. The Balaban J connectivity index is 1.63. The standard InChI is InChI=1S/C26H29N3O3S/c1-26(2,3)32-25(31)28-22(16-19-10-6-4-7-11-19)24(30)29-23-15-14-21(17-27-23)33-18-20-12-8-5-9-13-20/h4-15,17,22H,16,18H2,1-3H3,(H,28,31)(H,27,29,30)/t22-/m0/s1. The van der Waals surface area contributed by atoms with Crippen LogP contribution >= 0.6 is 11.8 Å². The SMILES string of the molecule is CC(C)(C)OC(=O)N[C@@H](Cc1ccccc1)C(=O)Nc1ccc(SCc2ccccc2)cn1. The number of nitrogens with zero attached hydrogens (tertiary/aromatic N) is 1. The molecule has 0 saturated carbocycles. The summed E-state index contributed by atoms with van der Waals surface area (Å²) in [7, 11) is 0. The summed E-state index contributed by atoms with van der Waals surface area (Å²) in [6.07, 6.45) is 1.42. The second kappa shape index (κ2) is 11.5. The number of amides is 2. The van der Waals surface area contributed by atoms with E-state index < -0.39 is 17.7 Å². The highest BCUT2D eigenvalue weighted by Crippen LogP contribution is 2.23. The van der Waals surface area contributed by atoms with Crippen molar-refractivity contribution in [3.63, 3.8) is 0 Å². The third-order valence-electron chi connectivity index (χ3n) is 4.53. The van der Waals surface area contributed by atoms with E-state index in [1.54, 1.807) is 44.8 Å². The van der Waals surface area contributed by atoms with Crippen molar-refractivity contribution >= 4 is 29.6 Å². The Hall–Kier alpha value is -3.32. The lowest BCUT2D eigenvalue weighted by Gasteiger charge is -2.23. The predicted molar refractivity (Wildman–Crippen MR) is 132 cm³/mol. The summed E-state index contributed by atoms with van der Waals surface area (Å²) in [4.78, 5) is 30.7. The molecule has 33 heavy (non-hydrogen) atoms. The molecule has 2 N–H and O–H groups in total. The minimum absolute atomic E-state index is 0.330. The van der Waals surface area contributed by atoms with Crippen LogP contribution in [0.5, 0.6) is 0 Å². The normalized spacial score (nSPS) is 12.0. The molecule has 0 spiro atoms. The molecule has 0 saturated heterocycles. The van der Waals surface area contributed by atoms with Crippen LogP contribution in [0.15, 0.2) is 83.9 Å². The van der Waals surface area contributed by atoms with Gasteiger partial charge in [-0.25, -0.2) is 9.78 Å². The van der Waals surface area contributed by atoms with Gasteiger partial charge in [-0.15, -0.1) is 11.8 Å². The summed E-state index contributed by atoms with van der Waals surface area (Å²) in [6, 6.07) is 22.6. The maximum atomic E-state index is 13.0. The minimum atomic E-state index is -0.809. The van der Waals surface area contributed by atoms with E-state index in [9.17, 15) is 9.59 Å². The number of benzene rings is 2. The van der Waals surface area contributed by atoms with Gasteiger partial charge in [-0.2, -0.15) is 0 Å². The number of nitrogens with one attached hydrogen (secondary N) is 2. The summed E-state index contributed by atoms with van der Waals surface area (Å²) in [5.74, 6) is 0.905. The number of pyridine rings is 1. The summed E-state index contributed by atoms with van der Waals surface area (Å²) in [5, 5.41) is 5.49. The van der Waals surface area contributed by atoms with Crippen molar-refractivity contribution in [3.8, 4) is 0 Å². The van der Waals surface area contributed by atoms with Crippen molar-refractivity contribution in [1.82, 2.24) is 10.3 Å². The van der Waals surface area contributed by atoms with E-state index >= 15 is 0 Å². The van der Waals surface area contributed by atoms with Gasteiger partial charge in [-0.05, 0) is 44.0 Å². The number of anilines is 1. The van der Waals surface area contributed by atoms with Crippen LogP contribution in [0.25, 0.3) is 0 Å². The monoisotopic (exact) mass is 463 g/mol. The van der Waals surface area contributed by atoms with Gasteiger partial charge >= 0.3 is 6.09 Å². The molecule has 2 aromatic carbocycles. The number of carbonyl (C=O) groups excluding carboxylic acids is 2. The lowest BCUT2D eigenvalue weighted by molar-refractivity contribution is -0.118. The quantitative estimate of drug-likeness (QED) is 0.434. The molecule has 0 aliphatic rings. The molecule has 3 aromatic rings. The molecule has 3 rings (SSSR count). The van der Waals surface area contributed by atoms with Crippen molar-refractivity contribution in [2.24, 2.45) is 0 Å². The highest BCUT2D eigenvalue weighted by atomic mass is 32.2. The molecule has 0 unspecified atom stereocenters. The van der Waals surface area contributed by atoms with Crippen LogP contribution in [0.3, 0.4) is 0 Å². The molecular formula is C26H29N3O3S. The van der Waals surface area contributed by atoms with E-state index in [2.05, 4.69) is 27.8 Å². The number of hydrogen-bond acceptors (Lipinski definition) is 5. The van der Waals surface area contributed by atoms with Crippen molar-refractivity contribution in [2.75, 3.05) is 5.32 Å². The van der Waals surface area contributed by atoms with E-state index in [1.165, 1.54) is 5.56 Å². The topological polar surface area (TPSA) is 80.3 Å². The van der Waals surface area contributed by atoms with Crippen LogP contribution in [-0.2, 0) is 21.7 Å². The van der Waals surface area contributed by atoms with Gasteiger partial charge in [0.25, 0.3) is 0 Å². The maximum absolute atomic E-state index is 13.0. The molecule has 1 atom stereocenters. The molecule has 0 radical (unpaired) electrons. The molecule has 0 aliphatic heterocycles. The molecule has 1 aromatic heterocycles. The molecule has 172 valence electrons. The zero-order chi connectivity index (χ0) is 23.7. The molecule has 0 bridgehead atoms. The van der Waals surface area contributed by atoms with Gasteiger partial charge in [0.05, 0.1) is 0 Å². The van der Waals surface area contributed by atoms with Crippen LogP contribution in [0, 0.1) is 0 Å². The molecule has 0 aliphatic carbocycles. The fourth-order valence-corrected chi connectivity index (χ4v) is 3.82. The molecule has 1 heterocycles. The van der Waals surface area contributed by atoms with E-state index in [0.717, 1.165) is 16.2 Å². The van der Waals surface area contributed by atoms with Gasteiger partial charge in [0, 0.05) is 23.3 Å². The van der Waals surface area contributed by atoms with Gasteiger partial charge in [0.2, 0.25) is 5.91 Å². The second-order valence-corrected chi connectivity index (χ2v) is 9.58. The van der Waals surface area contributed by atoms with Gasteiger partial charge in [0.1, 0.15) is 17.5 Å². The van der Waals surface area contributed by atoms with E-state index in [1.807, 2.05) is 54.6 Å². The Morgan fingerprint density at radius 3 is 2.15 bits per heavy atom. The molecule has 2 amide bonds. The lowest BCUT2D eigenvalue weighted by Crippen LogP contribution is -2.47. The van der Waals surface area contributed by atoms with E-state index in [0.29, 0.717) is 12.2 Å². The minimum Gasteiger partial charge on any atom is -0.444 e. The zero-order valence-electron chi connectivity index (χ0n) is 19.1. The van der Waals surface area contributed by atoms with Crippen LogP contribution in [-0.4, -0.2) is 28.6 Å². The number of hydrogen-bond donors (Lipinski definition) is 2. The average molecular weight is 464 g/mol. The van der Waals surface area contributed by atoms with Crippen molar-refractivity contribution < 1.29 is 14.3 Å². The fraction of sp³-hybridized carbons (Fsp3) is 0.269. The first-order valence-corrected chi connectivity index (χ1v) is 11.7. The summed E-state index contributed by atoms with van der Waals surface area (Å²) >= 11 is 1.67. The number of carbonyl (C=O) groups is 2. The Kier molecular flexibility index (Phi) is 8.49. The fourth-order valence-electron chi connectivity index (χ4n) is 3.00. The summed E-state index contributed by atoms with van der Waals surface area (Å²) in [5.41, 5.74) is 1.50. The molecular weight excluding hydrogens is 434 g/mol. The Morgan fingerprint density at radius 1 is 0.939 bits per heavy atom. The molecule has 6 nitrogen and oxygen atoms in total. The number of ether oxygens (including phenoxy) is 1. The second-order valence-electron chi connectivity index (χ2n) is 8.53. The van der Waals surface area contributed by atoms with E-state index in [4.69, 9.17) is 4.74 Å². The average Bonchev–Trinajstić information content (AvgIpc) is 2.78. The third kappa shape index (κ3) is 8.61. The lowest BCUT2D eigenvalue weighted by atomic mass is 10.1. The smallest absolute Gasteiger partial charge is 0.408 e. The predicted octanol–water partition coefficient (Wildman–Crippen LogP) is 5.45. The first-order chi connectivity index (χ1) is 15.8. The molecule has 7 heteroatoms. The van der Waals surface area contributed by atoms with Gasteiger partial charge in [-0.1, -0.05) is 60.7 Å². The highest BCUT2D eigenvalue weighted by Gasteiger charge is 2.25. The van der Waals surface area contributed by atoms with Crippen molar-refractivity contribution in [3.05, 3.63) is 90.1 Å². The van der Waals surface area contributed by atoms with Gasteiger partial charge in [0.15, 0.2) is 0 Å². The van der Waals surface area contributed by atoms with Crippen LogP contribution < -0.4 is 10.6 Å².